The Morgan fingerprint density at radius 3 is 2.35 bits per heavy atom. The molecule has 1 aliphatic rings. The highest BCUT2D eigenvalue weighted by Gasteiger charge is 2.50. The minimum Gasteiger partial charge on any atom is -0.497 e. The van der Waals surface area contributed by atoms with Crippen molar-refractivity contribution >= 4 is 15.9 Å². The van der Waals surface area contributed by atoms with Crippen LogP contribution in [-0.4, -0.2) is 20.3 Å². The molecule has 2 N–H and O–H groups in total. The molecular formula is C13H18BrNO2. The van der Waals surface area contributed by atoms with Gasteiger partial charge in [-0.2, -0.15) is 0 Å². The van der Waals surface area contributed by atoms with E-state index in [1.165, 1.54) is 5.56 Å². The molecule has 1 aromatic carbocycles. The molecule has 1 atom stereocenters. The number of methoxy groups -OCH3 is 2. The van der Waals surface area contributed by atoms with Crippen LogP contribution < -0.4 is 15.2 Å². The summed E-state index contributed by atoms with van der Waals surface area (Å²) in [4.78, 5) is 0. The SMILES string of the molecule is COc1cc(Br)c(C2(C(C)N)CC2)c(OC)c1. The van der Waals surface area contributed by atoms with Crippen molar-refractivity contribution in [2.45, 2.75) is 31.2 Å². The average Bonchev–Trinajstić information content (AvgIpc) is 3.08. The van der Waals surface area contributed by atoms with E-state index in [1.807, 2.05) is 12.1 Å². The van der Waals surface area contributed by atoms with Gasteiger partial charge in [0.25, 0.3) is 0 Å². The van der Waals surface area contributed by atoms with Crippen LogP contribution in [0.3, 0.4) is 0 Å². The largest absolute Gasteiger partial charge is 0.497 e. The van der Waals surface area contributed by atoms with Gasteiger partial charge < -0.3 is 15.2 Å². The maximum atomic E-state index is 6.12. The molecule has 4 heteroatoms. The molecular weight excluding hydrogens is 282 g/mol. The number of ether oxygens (including phenoxy) is 2. The molecule has 0 heterocycles. The molecule has 0 aromatic heterocycles. The third-order valence-electron chi connectivity index (χ3n) is 3.64. The van der Waals surface area contributed by atoms with E-state index in [4.69, 9.17) is 15.2 Å². The molecule has 94 valence electrons. The van der Waals surface area contributed by atoms with Gasteiger partial charge in [-0.15, -0.1) is 0 Å². The van der Waals surface area contributed by atoms with Crippen LogP contribution >= 0.6 is 15.9 Å². The average molecular weight is 300 g/mol. The Balaban J connectivity index is 2.53. The van der Waals surface area contributed by atoms with E-state index in [0.717, 1.165) is 28.8 Å². The molecule has 3 nitrogen and oxygen atoms in total. The fourth-order valence-corrected chi connectivity index (χ4v) is 3.20. The van der Waals surface area contributed by atoms with Crippen molar-refractivity contribution < 1.29 is 9.47 Å². The summed E-state index contributed by atoms with van der Waals surface area (Å²) in [6.45, 7) is 2.06. The molecule has 1 saturated carbocycles. The minimum atomic E-state index is 0.0659. The van der Waals surface area contributed by atoms with Gasteiger partial charge in [0.1, 0.15) is 11.5 Å². The number of benzene rings is 1. The first-order valence-corrected chi connectivity index (χ1v) is 6.52. The second-order valence-electron chi connectivity index (χ2n) is 4.63. The zero-order valence-electron chi connectivity index (χ0n) is 10.4. The van der Waals surface area contributed by atoms with Crippen molar-refractivity contribution in [3.8, 4) is 11.5 Å². The van der Waals surface area contributed by atoms with E-state index in [9.17, 15) is 0 Å². The van der Waals surface area contributed by atoms with Crippen LogP contribution in [0.25, 0.3) is 0 Å². The Hall–Kier alpha value is -0.740. The summed E-state index contributed by atoms with van der Waals surface area (Å²) in [6, 6.07) is 4.02. The number of rotatable bonds is 4. The smallest absolute Gasteiger partial charge is 0.127 e. The molecule has 0 aliphatic heterocycles. The van der Waals surface area contributed by atoms with Gasteiger partial charge in [0.05, 0.1) is 14.2 Å². The second kappa shape index (κ2) is 4.50. The number of hydrogen-bond donors (Lipinski definition) is 1. The second-order valence-corrected chi connectivity index (χ2v) is 5.49. The van der Waals surface area contributed by atoms with Gasteiger partial charge in [0.15, 0.2) is 0 Å². The van der Waals surface area contributed by atoms with Gasteiger partial charge in [-0.25, -0.2) is 0 Å². The summed E-state index contributed by atoms with van der Waals surface area (Å²) in [5.74, 6) is 1.64. The van der Waals surface area contributed by atoms with Crippen LogP contribution in [0, 0.1) is 0 Å². The third-order valence-corrected chi connectivity index (χ3v) is 4.27. The maximum absolute atomic E-state index is 6.12. The van der Waals surface area contributed by atoms with Crippen LogP contribution in [0.4, 0.5) is 0 Å². The zero-order valence-corrected chi connectivity index (χ0v) is 12.0. The number of nitrogens with two attached hydrogens (primary N) is 1. The summed E-state index contributed by atoms with van der Waals surface area (Å²) < 4.78 is 11.7. The predicted octanol–water partition coefficient (Wildman–Crippen LogP) is 2.85. The van der Waals surface area contributed by atoms with E-state index in [0.29, 0.717) is 0 Å². The van der Waals surface area contributed by atoms with Crippen LogP contribution in [0.15, 0.2) is 16.6 Å². The van der Waals surface area contributed by atoms with Crippen molar-refractivity contribution in [1.29, 1.82) is 0 Å². The van der Waals surface area contributed by atoms with Crippen LogP contribution in [0.1, 0.15) is 25.3 Å². The van der Waals surface area contributed by atoms with Crippen LogP contribution in [-0.2, 0) is 5.41 Å². The molecule has 1 fully saturated rings. The molecule has 0 saturated heterocycles. The highest BCUT2D eigenvalue weighted by atomic mass is 79.9. The van der Waals surface area contributed by atoms with Crippen LogP contribution in [0.2, 0.25) is 0 Å². The monoisotopic (exact) mass is 299 g/mol. The van der Waals surface area contributed by atoms with Crippen LogP contribution in [0.5, 0.6) is 11.5 Å². The summed E-state index contributed by atoms with van der Waals surface area (Å²) in [5.41, 5.74) is 7.36. The van der Waals surface area contributed by atoms with Crippen molar-refractivity contribution in [1.82, 2.24) is 0 Å². The van der Waals surface area contributed by atoms with Crippen molar-refractivity contribution in [2.24, 2.45) is 5.73 Å². The zero-order chi connectivity index (χ0) is 12.6. The quantitative estimate of drug-likeness (QED) is 0.930. The fourth-order valence-electron chi connectivity index (χ4n) is 2.39. The fraction of sp³-hybridized carbons (Fsp3) is 0.538. The van der Waals surface area contributed by atoms with Crippen molar-refractivity contribution in [2.75, 3.05) is 14.2 Å². The third kappa shape index (κ3) is 2.04. The highest BCUT2D eigenvalue weighted by Crippen LogP contribution is 2.56. The number of hydrogen-bond acceptors (Lipinski definition) is 3. The van der Waals surface area contributed by atoms with Gasteiger partial charge in [0, 0.05) is 27.6 Å². The summed E-state index contributed by atoms with van der Waals surface area (Å²) >= 11 is 3.61. The molecule has 0 bridgehead atoms. The molecule has 0 amide bonds. The maximum Gasteiger partial charge on any atom is 0.127 e. The Bertz CT molecular complexity index is 428. The first-order valence-electron chi connectivity index (χ1n) is 5.72. The lowest BCUT2D eigenvalue weighted by atomic mass is 9.88. The molecule has 17 heavy (non-hydrogen) atoms. The molecule has 1 aliphatic carbocycles. The summed E-state index contributed by atoms with van der Waals surface area (Å²) in [7, 11) is 3.33. The molecule has 0 radical (unpaired) electrons. The first kappa shape index (κ1) is 12.7. The standard InChI is InChI=1S/C13H18BrNO2/c1-8(15)13(4-5-13)12-10(14)6-9(16-2)7-11(12)17-3/h6-8H,4-5,15H2,1-3H3. The van der Waals surface area contributed by atoms with E-state index < -0.39 is 0 Å². The summed E-state index contributed by atoms with van der Waals surface area (Å²) in [5, 5.41) is 0. The molecule has 2 rings (SSSR count). The van der Waals surface area contributed by atoms with Gasteiger partial charge >= 0.3 is 0 Å². The Morgan fingerprint density at radius 1 is 1.29 bits per heavy atom. The van der Waals surface area contributed by atoms with Gasteiger partial charge in [-0.05, 0) is 25.8 Å². The van der Waals surface area contributed by atoms with E-state index in [-0.39, 0.29) is 11.5 Å². The molecule has 0 spiro atoms. The van der Waals surface area contributed by atoms with Gasteiger partial charge in [-0.1, -0.05) is 15.9 Å². The predicted molar refractivity (Wildman–Crippen MR) is 71.8 cm³/mol. The van der Waals surface area contributed by atoms with Crippen molar-refractivity contribution in [3.05, 3.63) is 22.2 Å². The van der Waals surface area contributed by atoms with Gasteiger partial charge in [0.2, 0.25) is 0 Å². The van der Waals surface area contributed by atoms with E-state index >= 15 is 0 Å². The van der Waals surface area contributed by atoms with E-state index in [2.05, 4.69) is 22.9 Å². The first-order chi connectivity index (χ1) is 8.05. The van der Waals surface area contributed by atoms with E-state index in [1.54, 1.807) is 14.2 Å². The minimum absolute atomic E-state index is 0.0659. The normalized spacial score (nSPS) is 18.6. The molecule has 1 aromatic rings. The number of halogens is 1. The lowest BCUT2D eigenvalue weighted by molar-refractivity contribution is 0.382. The Labute approximate surface area is 110 Å². The van der Waals surface area contributed by atoms with Gasteiger partial charge in [-0.3, -0.25) is 0 Å². The highest BCUT2D eigenvalue weighted by molar-refractivity contribution is 9.10. The van der Waals surface area contributed by atoms with Crippen molar-refractivity contribution in [3.63, 3.8) is 0 Å². The topological polar surface area (TPSA) is 44.5 Å². The lowest BCUT2D eigenvalue weighted by Crippen LogP contribution is -2.32. The Kier molecular flexibility index (Phi) is 3.36. The Morgan fingerprint density at radius 2 is 1.94 bits per heavy atom. The summed E-state index contributed by atoms with van der Waals surface area (Å²) in [6.07, 6.45) is 2.23. The molecule has 1 unspecified atom stereocenters. The lowest BCUT2D eigenvalue weighted by Gasteiger charge is -2.24.